The van der Waals surface area contributed by atoms with Crippen LogP contribution in [0, 0.1) is 5.92 Å². The molecule has 14 heavy (non-hydrogen) atoms. The van der Waals surface area contributed by atoms with Crippen LogP contribution in [-0.2, 0) is 0 Å². The van der Waals surface area contributed by atoms with E-state index in [1.807, 2.05) is 6.92 Å². The summed E-state index contributed by atoms with van der Waals surface area (Å²) in [6, 6.07) is 8.35. The summed E-state index contributed by atoms with van der Waals surface area (Å²) in [5, 5.41) is 11.9. The Morgan fingerprint density at radius 3 is 2.64 bits per heavy atom. The normalized spacial score (nSPS) is 26.3. The molecule has 0 bridgehead atoms. The first-order valence-corrected chi connectivity index (χ1v) is 5.45. The minimum atomic E-state index is 0.446. The molecule has 0 aromatic heterocycles. The van der Waals surface area contributed by atoms with Crippen LogP contribution in [-0.4, -0.2) is 10.9 Å². The minimum Gasteiger partial charge on any atom is -0.411 e. The first-order chi connectivity index (χ1) is 6.72. The van der Waals surface area contributed by atoms with E-state index in [0.717, 1.165) is 16.6 Å². The monoisotopic (exact) mass is 253 g/mol. The molecular weight excluding hydrogens is 242 g/mol. The van der Waals surface area contributed by atoms with E-state index in [0.29, 0.717) is 11.8 Å². The van der Waals surface area contributed by atoms with E-state index in [-0.39, 0.29) is 0 Å². The Kier molecular flexibility index (Phi) is 2.59. The number of nitrogens with zero attached hydrogens (tertiary/aromatic N) is 1. The summed E-state index contributed by atoms with van der Waals surface area (Å²) in [6.45, 7) is 1.88. The molecule has 0 aliphatic heterocycles. The molecule has 0 spiro atoms. The van der Waals surface area contributed by atoms with Crippen molar-refractivity contribution in [1.29, 1.82) is 0 Å². The zero-order valence-corrected chi connectivity index (χ0v) is 9.53. The third-order valence-electron chi connectivity index (χ3n) is 2.78. The van der Waals surface area contributed by atoms with Crippen LogP contribution in [0.25, 0.3) is 0 Å². The van der Waals surface area contributed by atoms with Crippen molar-refractivity contribution < 1.29 is 5.21 Å². The fourth-order valence-electron chi connectivity index (χ4n) is 1.81. The molecule has 1 N–H and O–H groups in total. The molecule has 2 atom stereocenters. The average molecular weight is 254 g/mol. The van der Waals surface area contributed by atoms with E-state index < -0.39 is 0 Å². The van der Waals surface area contributed by atoms with Gasteiger partial charge in [-0.3, -0.25) is 0 Å². The molecular formula is C11H12BrNO. The zero-order valence-electron chi connectivity index (χ0n) is 7.94. The molecule has 0 radical (unpaired) electrons. The molecule has 74 valence electrons. The van der Waals surface area contributed by atoms with Gasteiger partial charge in [0.1, 0.15) is 0 Å². The SMILES string of the molecule is C/C(=N\O)[C@H]1C[C@H]1c1ccc(Br)cc1. The molecule has 3 heteroatoms. The lowest BCUT2D eigenvalue weighted by Crippen LogP contribution is -1.95. The van der Waals surface area contributed by atoms with Crippen LogP contribution in [0.3, 0.4) is 0 Å². The van der Waals surface area contributed by atoms with Crippen molar-refractivity contribution in [1.82, 2.24) is 0 Å². The number of halogens is 1. The smallest absolute Gasteiger partial charge is 0.0577 e. The molecule has 0 unspecified atom stereocenters. The van der Waals surface area contributed by atoms with Crippen molar-refractivity contribution in [3.8, 4) is 0 Å². The van der Waals surface area contributed by atoms with Crippen LogP contribution in [0.1, 0.15) is 24.8 Å². The molecule has 1 aliphatic rings. The van der Waals surface area contributed by atoms with Gasteiger partial charge < -0.3 is 5.21 Å². The molecule has 1 aliphatic carbocycles. The van der Waals surface area contributed by atoms with Gasteiger partial charge in [-0.05, 0) is 37.0 Å². The minimum absolute atomic E-state index is 0.446. The van der Waals surface area contributed by atoms with E-state index in [1.165, 1.54) is 5.56 Å². The van der Waals surface area contributed by atoms with Crippen LogP contribution in [0.4, 0.5) is 0 Å². The Morgan fingerprint density at radius 1 is 1.43 bits per heavy atom. The fourth-order valence-corrected chi connectivity index (χ4v) is 2.07. The highest BCUT2D eigenvalue weighted by molar-refractivity contribution is 9.10. The number of oxime groups is 1. The zero-order chi connectivity index (χ0) is 10.1. The summed E-state index contributed by atoms with van der Waals surface area (Å²) in [4.78, 5) is 0. The summed E-state index contributed by atoms with van der Waals surface area (Å²) in [6.07, 6.45) is 1.11. The van der Waals surface area contributed by atoms with E-state index in [2.05, 4.69) is 45.4 Å². The number of rotatable bonds is 2. The number of hydrogen-bond acceptors (Lipinski definition) is 2. The van der Waals surface area contributed by atoms with Gasteiger partial charge in [0, 0.05) is 10.4 Å². The van der Waals surface area contributed by atoms with Gasteiger partial charge in [-0.15, -0.1) is 0 Å². The highest BCUT2D eigenvalue weighted by Crippen LogP contribution is 2.48. The maximum Gasteiger partial charge on any atom is 0.0577 e. The van der Waals surface area contributed by atoms with E-state index in [4.69, 9.17) is 5.21 Å². The molecule has 0 saturated heterocycles. The summed E-state index contributed by atoms with van der Waals surface area (Å²) in [7, 11) is 0. The first kappa shape index (κ1) is 9.71. The fraction of sp³-hybridized carbons (Fsp3) is 0.364. The summed E-state index contributed by atoms with van der Waals surface area (Å²) < 4.78 is 1.10. The van der Waals surface area contributed by atoms with Crippen LogP contribution in [0.2, 0.25) is 0 Å². The van der Waals surface area contributed by atoms with Gasteiger partial charge in [-0.2, -0.15) is 0 Å². The number of benzene rings is 1. The average Bonchev–Trinajstić information content (AvgIpc) is 2.98. The Hall–Kier alpha value is -0.830. The summed E-state index contributed by atoms with van der Waals surface area (Å²) in [5.41, 5.74) is 2.18. The standard InChI is InChI=1S/C11H12BrNO/c1-7(13-14)10-6-11(10)8-2-4-9(12)5-3-8/h2-5,10-11,14H,6H2,1H3/b13-7+/t10-,11+/m1/s1. The molecule has 0 amide bonds. The summed E-state index contributed by atoms with van der Waals surface area (Å²) in [5.74, 6) is 1.00. The van der Waals surface area contributed by atoms with Crippen LogP contribution in [0.5, 0.6) is 0 Å². The van der Waals surface area contributed by atoms with Crippen molar-refractivity contribution in [3.63, 3.8) is 0 Å². The Morgan fingerprint density at radius 2 is 2.07 bits per heavy atom. The van der Waals surface area contributed by atoms with Gasteiger partial charge in [-0.1, -0.05) is 33.2 Å². The lowest BCUT2D eigenvalue weighted by molar-refractivity contribution is 0.316. The molecule has 1 saturated carbocycles. The Balaban J connectivity index is 2.10. The second kappa shape index (κ2) is 3.73. The van der Waals surface area contributed by atoms with Gasteiger partial charge in [0.05, 0.1) is 5.71 Å². The predicted octanol–water partition coefficient (Wildman–Crippen LogP) is 3.40. The van der Waals surface area contributed by atoms with Crippen LogP contribution >= 0.6 is 15.9 Å². The quantitative estimate of drug-likeness (QED) is 0.489. The molecule has 1 aromatic carbocycles. The van der Waals surface area contributed by atoms with Crippen molar-refractivity contribution in [2.45, 2.75) is 19.3 Å². The number of hydrogen-bond donors (Lipinski definition) is 1. The van der Waals surface area contributed by atoms with Gasteiger partial charge >= 0.3 is 0 Å². The van der Waals surface area contributed by atoms with E-state index >= 15 is 0 Å². The van der Waals surface area contributed by atoms with Crippen LogP contribution in [0.15, 0.2) is 33.9 Å². The highest BCUT2D eigenvalue weighted by Gasteiger charge is 2.40. The topological polar surface area (TPSA) is 32.6 Å². The second-order valence-electron chi connectivity index (χ2n) is 3.74. The van der Waals surface area contributed by atoms with Gasteiger partial charge in [-0.25, -0.2) is 0 Å². The lowest BCUT2D eigenvalue weighted by Gasteiger charge is -1.99. The summed E-state index contributed by atoms with van der Waals surface area (Å²) >= 11 is 3.41. The lowest BCUT2D eigenvalue weighted by atomic mass is 10.1. The first-order valence-electron chi connectivity index (χ1n) is 4.66. The maximum absolute atomic E-state index is 8.63. The molecule has 2 nitrogen and oxygen atoms in total. The van der Waals surface area contributed by atoms with Crippen molar-refractivity contribution >= 4 is 21.6 Å². The molecule has 1 fully saturated rings. The van der Waals surface area contributed by atoms with E-state index in [1.54, 1.807) is 0 Å². The third-order valence-corrected chi connectivity index (χ3v) is 3.31. The van der Waals surface area contributed by atoms with Crippen LogP contribution < -0.4 is 0 Å². The van der Waals surface area contributed by atoms with Gasteiger partial charge in [0.2, 0.25) is 0 Å². The Bertz CT molecular complexity index is 358. The predicted molar refractivity (Wildman–Crippen MR) is 59.9 cm³/mol. The Labute approximate surface area is 91.8 Å². The van der Waals surface area contributed by atoms with Crippen molar-refractivity contribution in [2.75, 3.05) is 0 Å². The van der Waals surface area contributed by atoms with Crippen molar-refractivity contribution in [3.05, 3.63) is 34.3 Å². The molecule has 1 aromatic rings. The maximum atomic E-state index is 8.63. The largest absolute Gasteiger partial charge is 0.411 e. The third kappa shape index (κ3) is 1.82. The molecule has 2 rings (SSSR count). The van der Waals surface area contributed by atoms with Gasteiger partial charge in [0.25, 0.3) is 0 Å². The highest BCUT2D eigenvalue weighted by atomic mass is 79.9. The van der Waals surface area contributed by atoms with Gasteiger partial charge in [0.15, 0.2) is 0 Å². The van der Waals surface area contributed by atoms with E-state index in [9.17, 15) is 0 Å². The second-order valence-corrected chi connectivity index (χ2v) is 4.66. The molecule has 0 heterocycles. The van der Waals surface area contributed by atoms with Crippen molar-refractivity contribution in [2.24, 2.45) is 11.1 Å².